The van der Waals surface area contributed by atoms with Crippen molar-refractivity contribution in [2.24, 2.45) is 0 Å². The number of carboxylic acid groups (broad SMARTS) is 1. The Hall–Kier alpha value is -1.76. The van der Waals surface area contributed by atoms with Gasteiger partial charge in [-0.1, -0.05) is 0 Å². The van der Waals surface area contributed by atoms with Gasteiger partial charge in [0.1, 0.15) is 5.75 Å². The third-order valence-electron chi connectivity index (χ3n) is 1.82. The van der Waals surface area contributed by atoms with Gasteiger partial charge < -0.3 is 9.84 Å². The number of benzene rings is 1. The van der Waals surface area contributed by atoms with Gasteiger partial charge in [0.25, 0.3) is 0 Å². The van der Waals surface area contributed by atoms with Crippen LogP contribution in [-0.4, -0.2) is 32.4 Å². The molecule has 0 fully saturated rings. The normalized spacial score (nSPS) is 10.9. The Labute approximate surface area is 99.3 Å². The second-order valence-electron chi connectivity index (χ2n) is 3.32. The monoisotopic (exact) mass is 259 g/mol. The fraction of sp³-hybridized carbons (Fsp3) is 0.300. The lowest BCUT2D eigenvalue weighted by Crippen LogP contribution is -2.12. The summed E-state index contributed by atoms with van der Waals surface area (Å²) < 4.78 is 29.7. The van der Waals surface area contributed by atoms with E-state index in [2.05, 4.69) is 4.72 Å². The number of hydrogen-bond donors (Lipinski definition) is 2. The van der Waals surface area contributed by atoms with Gasteiger partial charge in [-0.05, 0) is 25.1 Å². The Kier molecular flexibility index (Phi) is 3.95. The van der Waals surface area contributed by atoms with Gasteiger partial charge in [0.15, 0.2) is 0 Å². The van der Waals surface area contributed by atoms with Crippen molar-refractivity contribution in [1.82, 2.24) is 0 Å². The van der Waals surface area contributed by atoms with Crippen LogP contribution in [0.15, 0.2) is 18.2 Å². The second-order valence-corrected chi connectivity index (χ2v) is 5.07. The van der Waals surface area contributed by atoms with Crippen molar-refractivity contribution in [2.45, 2.75) is 6.92 Å². The molecule has 0 saturated carbocycles. The van der Waals surface area contributed by atoms with E-state index in [0.717, 1.165) is 6.26 Å². The highest BCUT2D eigenvalue weighted by Gasteiger charge is 2.12. The second kappa shape index (κ2) is 5.05. The van der Waals surface area contributed by atoms with Crippen LogP contribution in [0, 0.1) is 0 Å². The van der Waals surface area contributed by atoms with Crippen molar-refractivity contribution in [3.05, 3.63) is 23.8 Å². The highest BCUT2D eigenvalue weighted by molar-refractivity contribution is 7.92. The third kappa shape index (κ3) is 3.95. The van der Waals surface area contributed by atoms with Crippen LogP contribution in [0.2, 0.25) is 0 Å². The molecule has 17 heavy (non-hydrogen) atoms. The number of hydrogen-bond acceptors (Lipinski definition) is 4. The molecule has 0 unspecified atom stereocenters. The largest absolute Gasteiger partial charge is 0.492 e. The molecular weight excluding hydrogens is 246 g/mol. The van der Waals surface area contributed by atoms with Crippen molar-refractivity contribution < 1.29 is 23.1 Å². The van der Waals surface area contributed by atoms with Gasteiger partial charge in [-0.2, -0.15) is 0 Å². The molecule has 6 nitrogen and oxygen atoms in total. The highest BCUT2D eigenvalue weighted by Crippen LogP contribution is 2.26. The molecule has 0 radical (unpaired) electrons. The summed E-state index contributed by atoms with van der Waals surface area (Å²) in [5.41, 5.74) is 0.105. The molecule has 0 aliphatic heterocycles. The van der Waals surface area contributed by atoms with Gasteiger partial charge in [0.2, 0.25) is 10.0 Å². The van der Waals surface area contributed by atoms with E-state index < -0.39 is 16.0 Å². The molecular formula is C10H13NO5S. The molecule has 1 aromatic rings. The van der Waals surface area contributed by atoms with Crippen molar-refractivity contribution >= 4 is 21.7 Å². The quantitative estimate of drug-likeness (QED) is 0.827. The number of carboxylic acids is 1. The Morgan fingerprint density at radius 1 is 1.47 bits per heavy atom. The molecule has 1 aromatic carbocycles. The molecule has 0 heterocycles. The van der Waals surface area contributed by atoms with E-state index in [4.69, 9.17) is 9.84 Å². The Morgan fingerprint density at radius 3 is 2.59 bits per heavy atom. The summed E-state index contributed by atoms with van der Waals surface area (Å²) in [6, 6.07) is 3.98. The molecule has 0 spiro atoms. The number of nitrogens with one attached hydrogen (secondary N) is 1. The SMILES string of the molecule is CCOc1ccc(C(=O)O)cc1NS(C)(=O)=O. The molecule has 0 aliphatic rings. The van der Waals surface area contributed by atoms with Gasteiger partial charge >= 0.3 is 5.97 Å². The van der Waals surface area contributed by atoms with E-state index in [0.29, 0.717) is 12.4 Å². The lowest BCUT2D eigenvalue weighted by atomic mass is 10.2. The standard InChI is InChI=1S/C10H13NO5S/c1-3-16-9-5-4-7(10(12)13)6-8(9)11-17(2,14)15/h4-6,11H,3H2,1-2H3,(H,12,13). The molecule has 2 N–H and O–H groups in total. The molecule has 0 atom stereocenters. The van der Waals surface area contributed by atoms with Crippen LogP contribution >= 0.6 is 0 Å². The van der Waals surface area contributed by atoms with Crippen LogP contribution in [0.3, 0.4) is 0 Å². The fourth-order valence-corrected chi connectivity index (χ4v) is 1.78. The zero-order valence-electron chi connectivity index (χ0n) is 9.43. The molecule has 0 aliphatic carbocycles. The summed E-state index contributed by atoms with van der Waals surface area (Å²) in [7, 11) is -3.48. The zero-order valence-corrected chi connectivity index (χ0v) is 10.2. The minimum absolute atomic E-state index is 0.0143. The van der Waals surface area contributed by atoms with Gasteiger partial charge in [-0.15, -0.1) is 0 Å². The predicted molar refractivity (Wildman–Crippen MR) is 63.0 cm³/mol. The van der Waals surface area contributed by atoms with E-state index in [1.165, 1.54) is 18.2 Å². The average molecular weight is 259 g/mol. The van der Waals surface area contributed by atoms with E-state index in [1.54, 1.807) is 6.92 Å². The molecule has 94 valence electrons. The first kappa shape index (κ1) is 13.3. The molecule has 0 saturated heterocycles. The average Bonchev–Trinajstić information content (AvgIpc) is 2.18. The molecule has 1 rings (SSSR count). The summed E-state index contributed by atoms with van der Waals surface area (Å²) in [5.74, 6) is -0.840. The minimum Gasteiger partial charge on any atom is -0.492 e. The van der Waals surface area contributed by atoms with Crippen LogP contribution in [0.25, 0.3) is 0 Å². The maximum atomic E-state index is 11.1. The Balaban J connectivity index is 3.20. The van der Waals surface area contributed by atoms with E-state index in [-0.39, 0.29) is 11.3 Å². The maximum absolute atomic E-state index is 11.1. The van der Waals surface area contributed by atoms with Crippen molar-refractivity contribution in [1.29, 1.82) is 0 Å². The first-order valence-corrected chi connectivity index (χ1v) is 6.70. The Bertz CT molecular complexity index is 523. The lowest BCUT2D eigenvalue weighted by Gasteiger charge is -2.11. The van der Waals surface area contributed by atoms with E-state index in [1.807, 2.05) is 0 Å². The van der Waals surface area contributed by atoms with Gasteiger partial charge in [0.05, 0.1) is 24.1 Å². The number of rotatable bonds is 5. The van der Waals surface area contributed by atoms with Crippen LogP contribution in [0.5, 0.6) is 5.75 Å². The van der Waals surface area contributed by atoms with Crippen LogP contribution in [-0.2, 0) is 10.0 Å². The maximum Gasteiger partial charge on any atom is 0.335 e. The van der Waals surface area contributed by atoms with E-state index >= 15 is 0 Å². The predicted octanol–water partition coefficient (Wildman–Crippen LogP) is 1.15. The lowest BCUT2D eigenvalue weighted by molar-refractivity contribution is 0.0697. The summed E-state index contributed by atoms with van der Waals surface area (Å²) in [6.07, 6.45) is 0.982. The van der Waals surface area contributed by atoms with Gasteiger partial charge in [-0.3, -0.25) is 4.72 Å². The first-order chi connectivity index (χ1) is 7.83. The number of aromatic carboxylic acids is 1. The zero-order chi connectivity index (χ0) is 13.1. The minimum atomic E-state index is -3.48. The van der Waals surface area contributed by atoms with Crippen molar-refractivity contribution in [3.8, 4) is 5.75 Å². The fourth-order valence-electron chi connectivity index (χ4n) is 1.22. The highest BCUT2D eigenvalue weighted by atomic mass is 32.2. The van der Waals surface area contributed by atoms with Crippen LogP contribution in [0.4, 0.5) is 5.69 Å². The molecule has 0 bridgehead atoms. The summed E-state index contributed by atoms with van der Waals surface area (Å²) >= 11 is 0. The first-order valence-electron chi connectivity index (χ1n) is 4.81. The number of ether oxygens (including phenoxy) is 1. The molecule has 0 amide bonds. The number of carbonyl (C=O) groups is 1. The third-order valence-corrected chi connectivity index (χ3v) is 2.41. The summed E-state index contributed by atoms with van der Waals surface area (Å²) in [6.45, 7) is 2.10. The van der Waals surface area contributed by atoms with Crippen LogP contribution < -0.4 is 9.46 Å². The molecule has 7 heteroatoms. The number of anilines is 1. The van der Waals surface area contributed by atoms with Crippen molar-refractivity contribution in [2.75, 3.05) is 17.6 Å². The topological polar surface area (TPSA) is 92.7 Å². The number of sulfonamides is 1. The van der Waals surface area contributed by atoms with E-state index in [9.17, 15) is 13.2 Å². The van der Waals surface area contributed by atoms with Crippen LogP contribution in [0.1, 0.15) is 17.3 Å². The van der Waals surface area contributed by atoms with Crippen molar-refractivity contribution in [3.63, 3.8) is 0 Å². The smallest absolute Gasteiger partial charge is 0.335 e. The van der Waals surface area contributed by atoms with Gasteiger partial charge in [-0.25, -0.2) is 13.2 Å². The van der Waals surface area contributed by atoms with Gasteiger partial charge in [0, 0.05) is 0 Å². The summed E-state index contributed by atoms with van der Waals surface area (Å²) in [5, 5.41) is 8.81. The summed E-state index contributed by atoms with van der Waals surface area (Å²) in [4.78, 5) is 10.8. The molecule has 0 aromatic heterocycles. The Morgan fingerprint density at radius 2 is 2.12 bits per heavy atom.